The highest BCUT2D eigenvalue weighted by Crippen LogP contribution is 2.47. The SMILES string of the molecule is c1ccc(-c2c3ccccc3c(-c3ccc4cc(-c5cc6sc7cc8sc9ccccc9c8cc7c6c6ccccc56)ccc4c3)c3ccccc23)cc1. The van der Waals surface area contributed by atoms with Crippen LogP contribution in [0.15, 0.2) is 182 Å². The number of thiophene rings is 2. The van der Waals surface area contributed by atoms with Crippen LogP contribution in [0.3, 0.4) is 0 Å². The Labute approximate surface area is 319 Å². The van der Waals surface area contributed by atoms with E-state index in [1.807, 2.05) is 22.7 Å². The minimum atomic E-state index is 1.24. The molecule has 2 heterocycles. The Balaban J connectivity index is 1.03. The van der Waals surface area contributed by atoms with E-state index in [1.165, 1.54) is 117 Å². The smallest absolute Gasteiger partial charge is 0.0370 e. The Kier molecular flexibility index (Phi) is 6.48. The minimum absolute atomic E-state index is 1.24. The monoisotopic (exact) mass is 718 g/mol. The van der Waals surface area contributed by atoms with Crippen LogP contribution in [-0.2, 0) is 0 Å². The summed E-state index contributed by atoms with van der Waals surface area (Å²) in [7, 11) is 0. The van der Waals surface area contributed by atoms with Crippen molar-refractivity contribution in [1.82, 2.24) is 0 Å². The fourth-order valence-corrected chi connectivity index (χ4v) is 11.4. The average Bonchev–Trinajstić information content (AvgIpc) is 3.78. The van der Waals surface area contributed by atoms with Gasteiger partial charge in [-0.05, 0) is 113 Å². The van der Waals surface area contributed by atoms with Gasteiger partial charge in [-0.25, -0.2) is 0 Å². The summed E-state index contributed by atoms with van der Waals surface area (Å²) in [5, 5.41) is 15.7. The van der Waals surface area contributed by atoms with E-state index in [0.717, 1.165) is 0 Å². The van der Waals surface area contributed by atoms with E-state index >= 15 is 0 Å². The standard InChI is InChI=1S/C52H30S2/c1-2-12-31(13-3-1)50-39-17-6-8-19-41(39)51(42-20-9-7-18-40(42)50)35-25-23-32-26-34(24-22-33(32)27-35)43-29-49-52(38-16-5-4-14-36(38)43)45-28-44-37-15-10-11-21-46(37)53-47(44)30-48(45)54-49/h1-30H. The predicted molar refractivity (Wildman–Crippen MR) is 239 cm³/mol. The molecule has 0 nitrogen and oxygen atoms in total. The van der Waals surface area contributed by atoms with Crippen molar-refractivity contribution in [2.75, 3.05) is 0 Å². The molecular formula is C52H30S2. The Morgan fingerprint density at radius 3 is 1.48 bits per heavy atom. The Morgan fingerprint density at radius 1 is 0.259 bits per heavy atom. The topological polar surface area (TPSA) is 0 Å². The van der Waals surface area contributed by atoms with Gasteiger partial charge in [-0.15, -0.1) is 22.7 Å². The van der Waals surface area contributed by atoms with E-state index in [9.17, 15) is 0 Å². The molecule has 0 amide bonds. The van der Waals surface area contributed by atoms with Gasteiger partial charge in [0.2, 0.25) is 0 Å². The first kappa shape index (κ1) is 30.2. The number of fused-ring (bicyclic) bond motifs is 11. The molecule has 2 heteroatoms. The lowest BCUT2D eigenvalue weighted by Crippen LogP contribution is -1.91. The van der Waals surface area contributed by atoms with Crippen LogP contribution in [0.4, 0.5) is 0 Å². The van der Waals surface area contributed by atoms with Gasteiger partial charge in [0.15, 0.2) is 0 Å². The maximum atomic E-state index is 2.45. The van der Waals surface area contributed by atoms with E-state index in [0.29, 0.717) is 0 Å². The third kappa shape index (κ3) is 4.42. The summed E-state index contributed by atoms with van der Waals surface area (Å²) >= 11 is 3.82. The number of rotatable bonds is 3. The van der Waals surface area contributed by atoms with Crippen molar-refractivity contribution in [1.29, 1.82) is 0 Å². The van der Waals surface area contributed by atoms with Gasteiger partial charge >= 0.3 is 0 Å². The van der Waals surface area contributed by atoms with Crippen LogP contribution in [0.1, 0.15) is 0 Å². The normalized spacial score (nSPS) is 12.1. The summed E-state index contributed by atoms with van der Waals surface area (Å²) in [4.78, 5) is 0. The van der Waals surface area contributed by atoms with E-state index in [1.54, 1.807) is 0 Å². The van der Waals surface area contributed by atoms with Crippen LogP contribution < -0.4 is 0 Å². The van der Waals surface area contributed by atoms with Gasteiger partial charge in [-0.2, -0.15) is 0 Å². The molecule has 12 rings (SSSR count). The molecule has 0 bridgehead atoms. The molecule has 0 aliphatic carbocycles. The molecule has 12 aromatic rings. The van der Waals surface area contributed by atoms with Crippen molar-refractivity contribution in [3.8, 4) is 33.4 Å². The lowest BCUT2D eigenvalue weighted by Gasteiger charge is -2.18. The molecule has 2 aromatic heterocycles. The van der Waals surface area contributed by atoms with Crippen LogP contribution >= 0.6 is 22.7 Å². The molecule has 10 aromatic carbocycles. The van der Waals surface area contributed by atoms with Gasteiger partial charge < -0.3 is 0 Å². The van der Waals surface area contributed by atoms with Crippen molar-refractivity contribution in [2.24, 2.45) is 0 Å². The predicted octanol–water partition coefficient (Wildman–Crippen LogP) is 16.0. The maximum Gasteiger partial charge on any atom is 0.0370 e. The fraction of sp³-hybridized carbons (Fsp3) is 0. The third-order valence-electron chi connectivity index (χ3n) is 11.4. The number of hydrogen-bond donors (Lipinski definition) is 0. The molecule has 0 saturated heterocycles. The van der Waals surface area contributed by atoms with Crippen molar-refractivity contribution in [3.05, 3.63) is 182 Å². The van der Waals surface area contributed by atoms with Gasteiger partial charge in [0.25, 0.3) is 0 Å². The second kappa shape index (κ2) is 11.6. The van der Waals surface area contributed by atoms with Crippen molar-refractivity contribution in [2.45, 2.75) is 0 Å². The summed E-state index contributed by atoms with van der Waals surface area (Å²) in [6, 6.07) is 67.8. The van der Waals surface area contributed by atoms with Crippen molar-refractivity contribution >= 4 is 106 Å². The highest BCUT2D eigenvalue weighted by molar-refractivity contribution is 7.28. The van der Waals surface area contributed by atoms with E-state index in [4.69, 9.17) is 0 Å². The number of hydrogen-bond acceptors (Lipinski definition) is 2. The molecule has 54 heavy (non-hydrogen) atoms. The molecule has 0 saturated carbocycles. The van der Waals surface area contributed by atoms with E-state index < -0.39 is 0 Å². The molecule has 0 spiro atoms. The Bertz CT molecular complexity index is 3430. The van der Waals surface area contributed by atoms with Gasteiger partial charge in [0.05, 0.1) is 0 Å². The first-order valence-electron chi connectivity index (χ1n) is 18.5. The van der Waals surface area contributed by atoms with Gasteiger partial charge in [0, 0.05) is 40.3 Å². The Hall–Kier alpha value is -6.32. The fourth-order valence-electron chi connectivity index (χ4n) is 9.02. The highest BCUT2D eigenvalue weighted by Gasteiger charge is 2.18. The third-order valence-corrected chi connectivity index (χ3v) is 13.6. The van der Waals surface area contributed by atoms with Crippen LogP contribution in [0, 0.1) is 0 Å². The van der Waals surface area contributed by atoms with Crippen LogP contribution in [0.25, 0.3) is 117 Å². The number of benzene rings is 10. The van der Waals surface area contributed by atoms with Crippen LogP contribution in [-0.4, -0.2) is 0 Å². The molecule has 0 atom stereocenters. The average molecular weight is 719 g/mol. The van der Waals surface area contributed by atoms with Crippen LogP contribution in [0.5, 0.6) is 0 Å². The largest absolute Gasteiger partial charge is 0.135 e. The molecule has 0 N–H and O–H groups in total. The highest BCUT2D eigenvalue weighted by atomic mass is 32.1. The summed E-state index contributed by atoms with van der Waals surface area (Å²) in [6.07, 6.45) is 0. The lowest BCUT2D eigenvalue weighted by atomic mass is 9.85. The molecule has 0 fully saturated rings. The molecule has 0 unspecified atom stereocenters. The molecular weight excluding hydrogens is 689 g/mol. The minimum Gasteiger partial charge on any atom is -0.135 e. The molecule has 0 aliphatic rings. The summed E-state index contributed by atoms with van der Waals surface area (Å²) in [6.45, 7) is 0. The molecule has 0 radical (unpaired) electrons. The maximum absolute atomic E-state index is 2.45. The van der Waals surface area contributed by atoms with Gasteiger partial charge in [-0.1, -0.05) is 146 Å². The van der Waals surface area contributed by atoms with Gasteiger partial charge in [-0.3, -0.25) is 0 Å². The van der Waals surface area contributed by atoms with Crippen molar-refractivity contribution in [3.63, 3.8) is 0 Å². The van der Waals surface area contributed by atoms with Crippen LogP contribution in [0.2, 0.25) is 0 Å². The second-order valence-corrected chi connectivity index (χ2v) is 16.5. The molecule has 0 aliphatic heterocycles. The zero-order valence-electron chi connectivity index (χ0n) is 29.1. The van der Waals surface area contributed by atoms with E-state index in [-0.39, 0.29) is 0 Å². The second-order valence-electron chi connectivity index (χ2n) is 14.4. The summed E-state index contributed by atoms with van der Waals surface area (Å²) in [5.74, 6) is 0. The Morgan fingerprint density at radius 2 is 0.778 bits per heavy atom. The summed E-state index contributed by atoms with van der Waals surface area (Å²) < 4.78 is 5.41. The van der Waals surface area contributed by atoms with E-state index in [2.05, 4.69) is 182 Å². The first-order chi connectivity index (χ1) is 26.8. The van der Waals surface area contributed by atoms with Crippen molar-refractivity contribution < 1.29 is 0 Å². The lowest BCUT2D eigenvalue weighted by molar-refractivity contribution is 1.66. The zero-order valence-corrected chi connectivity index (χ0v) is 30.8. The quantitative estimate of drug-likeness (QED) is 0.160. The zero-order chi connectivity index (χ0) is 35.3. The van der Waals surface area contributed by atoms with Gasteiger partial charge in [0.1, 0.15) is 0 Å². The molecule has 250 valence electrons. The first-order valence-corrected chi connectivity index (χ1v) is 20.1. The summed E-state index contributed by atoms with van der Waals surface area (Å²) in [5.41, 5.74) is 7.62.